The summed E-state index contributed by atoms with van der Waals surface area (Å²) in [5.41, 5.74) is 1.31. The molecule has 1 atom stereocenters. The SMILES string of the molecule is CC(Cc1ccc(F)cc1F)N(C)C(=O)CCc1ccn[nH]1. The Morgan fingerprint density at radius 2 is 2.14 bits per heavy atom. The summed E-state index contributed by atoms with van der Waals surface area (Å²) in [5.74, 6) is -1.20. The quantitative estimate of drug-likeness (QED) is 0.892. The molecule has 1 heterocycles. The number of likely N-dealkylation sites (N-methyl/N-ethyl adjacent to an activating group) is 1. The standard InChI is InChI=1S/C16H19F2N3O/c1-11(9-12-3-4-13(17)10-15(12)18)21(2)16(22)6-5-14-7-8-19-20-14/h3-4,7-8,10-11H,5-6,9H2,1-2H3,(H,19,20). The third kappa shape index (κ3) is 4.13. The fraction of sp³-hybridized carbons (Fsp3) is 0.375. The number of hydrogen-bond donors (Lipinski definition) is 1. The number of H-pyrrole nitrogens is 1. The number of aromatic nitrogens is 2. The molecule has 1 N–H and O–H groups in total. The van der Waals surface area contributed by atoms with Gasteiger partial charge in [0.05, 0.1) is 0 Å². The van der Waals surface area contributed by atoms with E-state index in [9.17, 15) is 13.6 Å². The number of aryl methyl sites for hydroxylation is 1. The Morgan fingerprint density at radius 3 is 2.77 bits per heavy atom. The van der Waals surface area contributed by atoms with Crippen molar-refractivity contribution < 1.29 is 13.6 Å². The van der Waals surface area contributed by atoms with Gasteiger partial charge >= 0.3 is 0 Å². The van der Waals surface area contributed by atoms with Gasteiger partial charge in [-0.15, -0.1) is 0 Å². The monoisotopic (exact) mass is 307 g/mol. The van der Waals surface area contributed by atoms with Crippen molar-refractivity contribution in [2.45, 2.75) is 32.2 Å². The first-order valence-electron chi connectivity index (χ1n) is 7.15. The molecule has 0 aliphatic heterocycles. The summed E-state index contributed by atoms with van der Waals surface area (Å²) in [6, 6.07) is 5.16. The summed E-state index contributed by atoms with van der Waals surface area (Å²) in [6.45, 7) is 1.84. The lowest BCUT2D eigenvalue weighted by Crippen LogP contribution is -2.36. The molecular formula is C16H19F2N3O. The van der Waals surface area contributed by atoms with Gasteiger partial charge in [0.25, 0.3) is 0 Å². The maximum Gasteiger partial charge on any atom is 0.222 e. The maximum absolute atomic E-state index is 13.7. The molecule has 1 aromatic heterocycles. The van der Waals surface area contributed by atoms with E-state index in [0.717, 1.165) is 11.8 Å². The van der Waals surface area contributed by atoms with Crippen molar-refractivity contribution in [2.75, 3.05) is 7.05 Å². The van der Waals surface area contributed by atoms with Gasteiger partial charge < -0.3 is 4.90 Å². The van der Waals surface area contributed by atoms with E-state index in [4.69, 9.17) is 0 Å². The normalized spacial score (nSPS) is 12.2. The van der Waals surface area contributed by atoms with Crippen molar-refractivity contribution >= 4 is 5.91 Å². The number of aromatic amines is 1. The summed E-state index contributed by atoms with van der Waals surface area (Å²) in [4.78, 5) is 13.7. The average Bonchev–Trinajstić information content (AvgIpc) is 3.00. The van der Waals surface area contributed by atoms with E-state index < -0.39 is 11.6 Å². The Bertz CT molecular complexity index is 628. The van der Waals surface area contributed by atoms with Crippen molar-refractivity contribution in [3.05, 3.63) is 53.4 Å². The van der Waals surface area contributed by atoms with E-state index in [1.807, 2.05) is 13.0 Å². The van der Waals surface area contributed by atoms with E-state index in [-0.39, 0.29) is 11.9 Å². The lowest BCUT2D eigenvalue weighted by molar-refractivity contribution is -0.131. The lowest BCUT2D eigenvalue weighted by atomic mass is 10.0. The van der Waals surface area contributed by atoms with Crippen LogP contribution >= 0.6 is 0 Å². The number of nitrogens with zero attached hydrogens (tertiary/aromatic N) is 2. The van der Waals surface area contributed by atoms with E-state index in [1.54, 1.807) is 18.1 Å². The minimum Gasteiger partial charge on any atom is -0.343 e. The Morgan fingerprint density at radius 1 is 1.36 bits per heavy atom. The molecule has 0 aliphatic carbocycles. The van der Waals surface area contributed by atoms with Crippen molar-refractivity contribution in [3.8, 4) is 0 Å². The summed E-state index contributed by atoms with van der Waals surface area (Å²) in [5, 5.41) is 6.64. The van der Waals surface area contributed by atoms with Crippen LogP contribution in [0.25, 0.3) is 0 Å². The average molecular weight is 307 g/mol. The highest BCUT2D eigenvalue weighted by Crippen LogP contribution is 2.14. The fourth-order valence-corrected chi connectivity index (χ4v) is 2.23. The molecule has 22 heavy (non-hydrogen) atoms. The highest BCUT2D eigenvalue weighted by Gasteiger charge is 2.17. The second-order valence-electron chi connectivity index (χ2n) is 5.38. The van der Waals surface area contributed by atoms with Crippen LogP contribution in [0.5, 0.6) is 0 Å². The minimum atomic E-state index is -0.599. The minimum absolute atomic E-state index is 0.0235. The van der Waals surface area contributed by atoms with Gasteiger partial charge in [0, 0.05) is 37.5 Å². The number of amides is 1. The Kier molecular flexibility index (Phi) is 5.25. The molecule has 2 aromatic rings. The highest BCUT2D eigenvalue weighted by atomic mass is 19.1. The van der Waals surface area contributed by atoms with E-state index in [0.29, 0.717) is 24.8 Å². The first kappa shape index (κ1) is 16.1. The van der Waals surface area contributed by atoms with Crippen LogP contribution < -0.4 is 0 Å². The van der Waals surface area contributed by atoms with Crippen molar-refractivity contribution in [1.82, 2.24) is 15.1 Å². The summed E-state index contributed by atoms with van der Waals surface area (Å²) in [6.07, 6.45) is 2.93. The van der Waals surface area contributed by atoms with E-state index >= 15 is 0 Å². The zero-order chi connectivity index (χ0) is 16.1. The van der Waals surface area contributed by atoms with Crippen LogP contribution in [0, 0.1) is 11.6 Å². The molecule has 2 rings (SSSR count). The predicted molar refractivity (Wildman–Crippen MR) is 79.2 cm³/mol. The molecule has 0 spiro atoms. The molecule has 118 valence electrons. The molecule has 0 aliphatic rings. The van der Waals surface area contributed by atoms with Gasteiger partial charge in [-0.2, -0.15) is 5.10 Å². The van der Waals surface area contributed by atoms with Gasteiger partial charge in [-0.1, -0.05) is 6.07 Å². The van der Waals surface area contributed by atoms with Gasteiger partial charge in [0.2, 0.25) is 5.91 Å². The third-order valence-electron chi connectivity index (χ3n) is 3.75. The van der Waals surface area contributed by atoms with E-state index in [2.05, 4.69) is 10.2 Å². The third-order valence-corrected chi connectivity index (χ3v) is 3.75. The highest BCUT2D eigenvalue weighted by molar-refractivity contribution is 5.76. The molecule has 0 saturated heterocycles. The molecule has 0 fully saturated rings. The van der Waals surface area contributed by atoms with Crippen LogP contribution in [0.3, 0.4) is 0 Å². The Labute approximate surface area is 128 Å². The molecule has 0 radical (unpaired) electrons. The topological polar surface area (TPSA) is 49.0 Å². The predicted octanol–water partition coefficient (Wildman–Crippen LogP) is 2.71. The summed E-state index contributed by atoms with van der Waals surface area (Å²) >= 11 is 0. The fourth-order valence-electron chi connectivity index (χ4n) is 2.23. The number of rotatable bonds is 6. The van der Waals surface area contributed by atoms with E-state index in [1.165, 1.54) is 12.1 Å². The van der Waals surface area contributed by atoms with Crippen LogP contribution in [0.1, 0.15) is 24.6 Å². The van der Waals surface area contributed by atoms with Crippen molar-refractivity contribution in [2.24, 2.45) is 0 Å². The molecule has 1 amide bonds. The van der Waals surface area contributed by atoms with Gasteiger partial charge in [0.15, 0.2) is 0 Å². The number of nitrogens with one attached hydrogen (secondary N) is 1. The zero-order valence-corrected chi connectivity index (χ0v) is 12.6. The Balaban J connectivity index is 1.90. The van der Waals surface area contributed by atoms with Crippen LogP contribution in [0.4, 0.5) is 8.78 Å². The number of carbonyl (C=O) groups excluding carboxylic acids is 1. The largest absolute Gasteiger partial charge is 0.343 e. The number of benzene rings is 1. The molecule has 6 heteroatoms. The summed E-state index contributed by atoms with van der Waals surface area (Å²) < 4.78 is 26.5. The first-order valence-corrected chi connectivity index (χ1v) is 7.15. The van der Waals surface area contributed by atoms with Crippen LogP contribution in [-0.2, 0) is 17.6 Å². The van der Waals surface area contributed by atoms with Gasteiger partial charge in [0.1, 0.15) is 11.6 Å². The van der Waals surface area contributed by atoms with Crippen molar-refractivity contribution in [3.63, 3.8) is 0 Å². The number of hydrogen-bond acceptors (Lipinski definition) is 2. The molecule has 4 nitrogen and oxygen atoms in total. The zero-order valence-electron chi connectivity index (χ0n) is 12.6. The van der Waals surface area contributed by atoms with Gasteiger partial charge in [-0.05, 0) is 37.5 Å². The second-order valence-corrected chi connectivity index (χ2v) is 5.38. The molecule has 0 bridgehead atoms. The van der Waals surface area contributed by atoms with Gasteiger partial charge in [-0.25, -0.2) is 8.78 Å². The number of halogens is 2. The molecule has 1 unspecified atom stereocenters. The van der Waals surface area contributed by atoms with Gasteiger partial charge in [-0.3, -0.25) is 9.89 Å². The molecule has 1 aromatic carbocycles. The molecular weight excluding hydrogens is 288 g/mol. The maximum atomic E-state index is 13.7. The second kappa shape index (κ2) is 7.15. The Hall–Kier alpha value is -2.24. The van der Waals surface area contributed by atoms with Crippen LogP contribution in [-0.4, -0.2) is 34.1 Å². The van der Waals surface area contributed by atoms with Crippen molar-refractivity contribution in [1.29, 1.82) is 0 Å². The lowest BCUT2D eigenvalue weighted by Gasteiger charge is -2.25. The number of carbonyl (C=O) groups is 1. The van der Waals surface area contributed by atoms with Crippen LogP contribution in [0.2, 0.25) is 0 Å². The molecule has 0 saturated carbocycles. The summed E-state index contributed by atoms with van der Waals surface area (Å²) in [7, 11) is 1.70. The first-order chi connectivity index (χ1) is 10.5. The smallest absolute Gasteiger partial charge is 0.222 e. The van der Waals surface area contributed by atoms with Crippen LogP contribution in [0.15, 0.2) is 30.5 Å².